The van der Waals surface area contributed by atoms with Gasteiger partial charge in [0.2, 0.25) is 0 Å². The van der Waals surface area contributed by atoms with E-state index in [1.807, 2.05) is 6.92 Å². The molecule has 0 aromatic carbocycles. The van der Waals surface area contributed by atoms with Crippen LogP contribution < -0.4 is 0 Å². The second-order valence-electron chi connectivity index (χ2n) is 3.51. The largest absolute Gasteiger partial charge is 0.459 e. The lowest BCUT2D eigenvalue weighted by molar-refractivity contribution is -0.159. The Hall–Kier alpha value is -1.06. The standard InChI is InChI=1S/C10H17NO3/c1-3-11(7-8-5-6-8)9(12)10(13)14-4-2/h8H,3-7H2,1-2H3. The van der Waals surface area contributed by atoms with Gasteiger partial charge in [0.15, 0.2) is 0 Å². The smallest absolute Gasteiger partial charge is 0.397 e. The van der Waals surface area contributed by atoms with Crippen molar-refractivity contribution in [2.75, 3.05) is 19.7 Å². The van der Waals surface area contributed by atoms with Crippen LogP contribution in [-0.4, -0.2) is 36.5 Å². The van der Waals surface area contributed by atoms with E-state index in [2.05, 4.69) is 4.74 Å². The highest BCUT2D eigenvalue weighted by Gasteiger charge is 2.29. The van der Waals surface area contributed by atoms with Gasteiger partial charge in [0, 0.05) is 13.1 Å². The molecule has 0 aromatic heterocycles. The van der Waals surface area contributed by atoms with Crippen LogP contribution in [0, 0.1) is 5.92 Å². The van der Waals surface area contributed by atoms with Crippen molar-refractivity contribution in [1.29, 1.82) is 0 Å². The Labute approximate surface area is 84.2 Å². The fourth-order valence-corrected chi connectivity index (χ4v) is 1.29. The number of amides is 1. The Bertz CT molecular complexity index is 223. The predicted molar refractivity (Wildman–Crippen MR) is 51.6 cm³/mol. The second-order valence-corrected chi connectivity index (χ2v) is 3.51. The van der Waals surface area contributed by atoms with Gasteiger partial charge in [0.25, 0.3) is 0 Å². The molecule has 0 atom stereocenters. The average Bonchev–Trinajstić information content (AvgIpc) is 2.97. The van der Waals surface area contributed by atoms with Crippen LogP contribution in [0.15, 0.2) is 0 Å². The summed E-state index contributed by atoms with van der Waals surface area (Å²) < 4.78 is 4.66. The van der Waals surface area contributed by atoms with Crippen LogP contribution in [0.2, 0.25) is 0 Å². The van der Waals surface area contributed by atoms with E-state index in [9.17, 15) is 9.59 Å². The Morgan fingerprint density at radius 1 is 1.36 bits per heavy atom. The highest BCUT2D eigenvalue weighted by molar-refractivity contribution is 6.32. The van der Waals surface area contributed by atoms with Gasteiger partial charge in [-0.3, -0.25) is 4.79 Å². The van der Waals surface area contributed by atoms with Gasteiger partial charge in [-0.15, -0.1) is 0 Å². The molecule has 0 aliphatic heterocycles. The molecule has 0 saturated heterocycles. The molecule has 1 fully saturated rings. The number of hydrogen-bond acceptors (Lipinski definition) is 3. The molecule has 1 aliphatic carbocycles. The third kappa shape index (κ3) is 3.01. The van der Waals surface area contributed by atoms with Crippen molar-refractivity contribution in [1.82, 2.24) is 4.90 Å². The van der Waals surface area contributed by atoms with Crippen LogP contribution in [-0.2, 0) is 14.3 Å². The SMILES string of the molecule is CCOC(=O)C(=O)N(CC)CC1CC1. The second kappa shape index (κ2) is 4.98. The van der Waals surface area contributed by atoms with Crippen molar-refractivity contribution in [3.63, 3.8) is 0 Å². The summed E-state index contributed by atoms with van der Waals surface area (Å²) in [6, 6.07) is 0. The molecule has 0 radical (unpaired) electrons. The predicted octanol–water partition coefficient (Wildman–Crippen LogP) is 0.808. The molecule has 4 nitrogen and oxygen atoms in total. The summed E-state index contributed by atoms with van der Waals surface area (Å²) in [6.45, 7) is 5.11. The van der Waals surface area contributed by atoms with Crippen LogP contribution in [0.4, 0.5) is 0 Å². The number of hydrogen-bond donors (Lipinski definition) is 0. The summed E-state index contributed by atoms with van der Waals surface area (Å²) >= 11 is 0. The molecule has 0 bridgehead atoms. The van der Waals surface area contributed by atoms with E-state index < -0.39 is 11.9 Å². The number of carbonyl (C=O) groups is 2. The van der Waals surface area contributed by atoms with Gasteiger partial charge in [0.05, 0.1) is 6.61 Å². The summed E-state index contributed by atoms with van der Waals surface area (Å²) in [5.74, 6) is -0.621. The lowest BCUT2D eigenvalue weighted by Gasteiger charge is -2.18. The van der Waals surface area contributed by atoms with E-state index in [0.29, 0.717) is 19.0 Å². The minimum atomic E-state index is -0.727. The Kier molecular flexibility index (Phi) is 3.92. The Morgan fingerprint density at radius 2 is 2.00 bits per heavy atom. The fourth-order valence-electron chi connectivity index (χ4n) is 1.29. The zero-order valence-electron chi connectivity index (χ0n) is 8.78. The minimum absolute atomic E-state index is 0.256. The van der Waals surface area contributed by atoms with Crippen molar-refractivity contribution < 1.29 is 14.3 Å². The summed E-state index contributed by atoms with van der Waals surface area (Å²) in [7, 11) is 0. The molecule has 0 spiro atoms. The molecule has 1 saturated carbocycles. The number of likely N-dealkylation sites (N-methyl/N-ethyl adjacent to an activating group) is 1. The Balaban J connectivity index is 2.40. The van der Waals surface area contributed by atoms with E-state index in [-0.39, 0.29) is 6.61 Å². The maximum atomic E-state index is 11.5. The molecule has 80 valence electrons. The van der Waals surface area contributed by atoms with Gasteiger partial charge in [-0.05, 0) is 32.6 Å². The average molecular weight is 199 g/mol. The summed E-state index contributed by atoms with van der Waals surface area (Å²) in [4.78, 5) is 24.2. The molecule has 1 rings (SSSR count). The van der Waals surface area contributed by atoms with Crippen LogP contribution in [0.5, 0.6) is 0 Å². The van der Waals surface area contributed by atoms with Crippen LogP contribution in [0.3, 0.4) is 0 Å². The van der Waals surface area contributed by atoms with Gasteiger partial charge in [-0.25, -0.2) is 4.79 Å². The van der Waals surface area contributed by atoms with Gasteiger partial charge in [0.1, 0.15) is 0 Å². The van der Waals surface area contributed by atoms with Gasteiger partial charge in [-0.2, -0.15) is 0 Å². The first-order valence-corrected chi connectivity index (χ1v) is 5.15. The van der Waals surface area contributed by atoms with Crippen molar-refractivity contribution in [2.24, 2.45) is 5.92 Å². The molecular weight excluding hydrogens is 182 g/mol. The van der Waals surface area contributed by atoms with E-state index in [0.717, 1.165) is 0 Å². The van der Waals surface area contributed by atoms with Gasteiger partial charge < -0.3 is 9.64 Å². The summed E-state index contributed by atoms with van der Waals surface area (Å²) in [5, 5.41) is 0. The fraction of sp³-hybridized carbons (Fsp3) is 0.800. The van der Waals surface area contributed by atoms with Crippen molar-refractivity contribution in [3.8, 4) is 0 Å². The normalized spacial score (nSPS) is 15.0. The topological polar surface area (TPSA) is 46.6 Å². The van der Waals surface area contributed by atoms with Gasteiger partial charge >= 0.3 is 11.9 Å². The molecule has 14 heavy (non-hydrogen) atoms. The Morgan fingerprint density at radius 3 is 2.43 bits per heavy atom. The third-order valence-corrected chi connectivity index (χ3v) is 2.29. The third-order valence-electron chi connectivity index (χ3n) is 2.29. The lowest BCUT2D eigenvalue weighted by atomic mass is 10.3. The number of esters is 1. The van der Waals surface area contributed by atoms with E-state index in [1.165, 1.54) is 12.8 Å². The first-order valence-electron chi connectivity index (χ1n) is 5.15. The summed E-state index contributed by atoms with van der Waals surface area (Å²) in [5.41, 5.74) is 0. The van der Waals surface area contributed by atoms with Crippen LogP contribution >= 0.6 is 0 Å². The number of rotatable bonds is 4. The minimum Gasteiger partial charge on any atom is -0.459 e. The van der Waals surface area contributed by atoms with E-state index >= 15 is 0 Å². The number of ether oxygens (including phenoxy) is 1. The van der Waals surface area contributed by atoms with Crippen molar-refractivity contribution >= 4 is 11.9 Å². The molecule has 0 heterocycles. The molecule has 4 heteroatoms. The molecule has 0 unspecified atom stereocenters. The molecular formula is C10H17NO3. The molecule has 0 N–H and O–H groups in total. The highest BCUT2D eigenvalue weighted by atomic mass is 16.5. The molecule has 0 aromatic rings. The zero-order chi connectivity index (χ0) is 10.6. The zero-order valence-corrected chi connectivity index (χ0v) is 8.78. The quantitative estimate of drug-likeness (QED) is 0.497. The summed E-state index contributed by atoms with van der Waals surface area (Å²) in [6.07, 6.45) is 2.35. The first kappa shape index (κ1) is 11.0. The first-order chi connectivity index (χ1) is 6.69. The van der Waals surface area contributed by atoms with Crippen molar-refractivity contribution in [2.45, 2.75) is 26.7 Å². The van der Waals surface area contributed by atoms with E-state index in [4.69, 9.17) is 0 Å². The van der Waals surface area contributed by atoms with Crippen LogP contribution in [0.1, 0.15) is 26.7 Å². The lowest BCUT2D eigenvalue weighted by Crippen LogP contribution is -2.38. The monoisotopic (exact) mass is 199 g/mol. The van der Waals surface area contributed by atoms with Gasteiger partial charge in [-0.1, -0.05) is 0 Å². The van der Waals surface area contributed by atoms with E-state index in [1.54, 1.807) is 11.8 Å². The highest BCUT2D eigenvalue weighted by Crippen LogP contribution is 2.29. The molecule has 1 amide bonds. The maximum Gasteiger partial charge on any atom is 0.397 e. The van der Waals surface area contributed by atoms with Crippen LogP contribution in [0.25, 0.3) is 0 Å². The van der Waals surface area contributed by atoms with Crippen molar-refractivity contribution in [3.05, 3.63) is 0 Å². The molecule has 1 aliphatic rings. The maximum absolute atomic E-state index is 11.5. The number of nitrogens with zero attached hydrogens (tertiary/aromatic N) is 1. The number of carbonyl (C=O) groups excluding carboxylic acids is 2.